The standard InChI is InChI=1S/C12H16BrNO3/c1-3-17-12(15)6-7-14-9-4-5-10(13)11(8-9)16-2/h4-5,8,14H,3,6-7H2,1-2H3. The summed E-state index contributed by atoms with van der Waals surface area (Å²) in [7, 11) is 1.61. The van der Waals surface area contributed by atoms with E-state index in [-0.39, 0.29) is 5.97 Å². The average molecular weight is 302 g/mol. The molecule has 1 rings (SSSR count). The van der Waals surface area contributed by atoms with Crippen molar-refractivity contribution in [2.45, 2.75) is 13.3 Å². The maximum absolute atomic E-state index is 11.1. The molecule has 1 aromatic carbocycles. The van der Waals surface area contributed by atoms with Crippen LogP contribution in [0.25, 0.3) is 0 Å². The van der Waals surface area contributed by atoms with Gasteiger partial charge in [0.05, 0.1) is 24.6 Å². The Labute approximate surface area is 109 Å². The molecule has 0 bridgehead atoms. The van der Waals surface area contributed by atoms with Crippen molar-refractivity contribution in [3.63, 3.8) is 0 Å². The molecular formula is C12H16BrNO3. The molecule has 94 valence electrons. The van der Waals surface area contributed by atoms with Gasteiger partial charge in [0.2, 0.25) is 0 Å². The molecule has 4 nitrogen and oxygen atoms in total. The first-order chi connectivity index (χ1) is 8.17. The fourth-order valence-corrected chi connectivity index (χ4v) is 1.72. The van der Waals surface area contributed by atoms with Gasteiger partial charge in [0.15, 0.2) is 0 Å². The average Bonchev–Trinajstić information content (AvgIpc) is 2.31. The Hall–Kier alpha value is -1.23. The monoisotopic (exact) mass is 301 g/mol. The third kappa shape index (κ3) is 4.65. The van der Waals surface area contributed by atoms with Gasteiger partial charge in [-0.05, 0) is 35.0 Å². The highest BCUT2D eigenvalue weighted by Crippen LogP contribution is 2.27. The number of hydrogen-bond acceptors (Lipinski definition) is 4. The fourth-order valence-electron chi connectivity index (χ4n) is 1.31. The van der Waals surface area contributed by atoms with Crippen LogP contribution in [0.15, 0.2) is 22.7 Å². The van der Waals surface area contributed by atoms with E-state index in [1.165, 1.54) is 0 Å². The smallest absolute Gasteiger partial charge is 0.307 e. The third-order valence-corrected chi connectivity index (χ3v) is 2.77. The summed E-state index contributed by atoms with van der Waals surface area (Å²) in [5, 5.41) is 3.13. The van der Waals surface area contributed by atoms with E-state index in [4.69, 9.17) is 9.47 Å². The van der Waals surface area contributed by atoms with Crippen molar-refractivity contribution in [3.8, 4) is 5.75 Å². The minimum atomic E-state index is -0.191. The molecule has 0 radical (unpaired) electrons. The molecule has 0 aromatic heterocycles. The highest BCUT2D eigenvalue weighted by atomic mass is 79.9. The van der Waals surface area contributed by atoms with Crippen molar-refractivity contribution < 1.29 is 14.3 Å². The van der Waals surface area contributed by atoms with Crippen LogP contribution in [0.2, 0.25) is 0 Å². The van der Waals surface area contributed by atoms with Crippen LogP contribution >= 0.6 is 15.9 Å². The van der Waals surface area contributed by atoms with Gasteiger partial charge in [0, 0.05) is 18.3 Å². The SMILES string of the molecule is CCOC(=O)CCNc1ccc(Br)c(OC)c1. The van der Waals surface area contributed by atoms with Gasteiger partial charge in [0.1, 0.15) is 5.75 Å². The lowest BCUT2D eigenvalue weighted by atomic mass is 10.3. The molecule has 0 aliphatic rings. The number of anilines is 1. The maximum atomic E-state index is 11.1. The molecule has 0 fully saturated rings. The number of nitrogens with one attached hydrogen (secondary N) is 1. The zero-order chi connectivity index (χ0) is 12.7. The van der Waals surface area contributed by atoms with E-state index in [2.05, 4.69) is 21.2 Å². The second kappa shape index (κ2) is 7.17. The molecule has 0 aliphatic carbocycles. The van der Waals surface area contributed by atoms with Gasteiger partial charge in [0.25, 0.3) is 0 Å². The molecule has 0 saturated heterocycles. The molecule has 0 atom stereocenters. The van der Waals surface area contributed by atoms with E-state index in [9.17, 15) is 4.79 Å². The summed E-state index contributed by atoms with van der Waals surface area (Å²) in [5.41, 5.74) is 0.911. The Morgan fingerprint density at radius 3 is 2.88 bits per heavy atom. The van der Waals surface area contributed by atoms with Gasteiger partial charge in [-0.1, -0.05) is 0 Å². The van der Waals surface area contributed by atoms with Gasteiger partial charge in [-0.15, -0.1) is 0 Å². The normalized spacial score (nSPS) is 9.82. The van der Waals surface area contributed by atoms with E-state index in [1.54, 1.807) is 14.0 Å². The number of carbonyl (C=O) groups is 1. The first-order valence-electron chi connectivity index (χ1n) is 5.40. The number of halogens is 1. The van der Waals surface area contributed by atoms with E-state index in [1.807, 2.05) is 18.2 Å². The molecule has 0 saturated carbocycles. The maximum Gasteiger partial charge on any atom is 0.307 e. The van der Waals surface area contributed by atoms with Crippen LogP contribution in [0, 0.1) is 0 Å². The summed E-state index contributed by atoms with van der Waals surface area (Å²) in [6.45, 7) is 2.76. The topological polar surface area (TPSA) is 47.6 Å². The van der Waals surface area contributed by atoms with Crippen molar-refractivity contribution in [1.82, 2.24) is 0 Å². The Morgan fingerprint density at radius 2 is 2.24 bits per heavy atom. The first kappa shape index (κ1) is 13.8. The summed E-state index contributed by atoms with van der Waals surface area (Å²) in [6, 6.07) is 5.68. The van der Waals surface area contributed by atoms with Crippen LogP contribution < -0.4 is 10.1 Å². The van der Waals surface area contributed by atoms with Crippen molar-refractivity contribution in [2.75, 3.05) is 25.6 Å². The van der Waals surface area contributed by atoms with Crippen molar-refractivity contribution in [2.24, 2.45) is 0 Å². The second-order valence-electron chi connectivity index (χ2n) is 3.33. The van der Waals surface area contributed by atoms with E-state index in [0.29, 0.717) is 19.6 Å². The minimum Gasteiger partial charge on any atom is -0.495 e. The number of benzene rings is 1. The predicted octanol–water partition coefficient (Wildman–Crippen LogP) is 2.82. The van der Waals surface area contributed by atoms with Gasteiger partial charge >= 0.3 is 5.97 Å². The van der Waals surface area contributed by atoms with Gasteiger partial charge < -0.3 is 14.8 Å². The van der Waals surface area contributed by atoms with E-state index in [0.717, 1.165) is 15.9 Å². The number of ether oxygens (including phenoxy) is 2. The highest BCUT2D eigenvalue weighted by molar-refractivity contribution is 9.10. The summed E-state index contributed by atoms with van der Waals surface area (Å²) in [6.07, 6.45) is 0.353. The summed E-state index contributed by atoms with van der Waals surface area (Å²) < 4.78 is 10.9. The van der Waals surface area contributed by atoms with Crippen LogP contribution in [0.4, 0.5) is 5.69 Å². The number of hydrogen-bond donors (Lipinski definition) is 1. The number of esters is 1. The number of methoxy groups -OCH3 is 1. The van der Waals surface area contributed by atoms with Gasteiger partial charge in [-0.25, -0.2) is 0 Å². The van der Waals surface area contributed by atoms with E-state index >= 15 is 0 Å². The molecule has 0 unspecified atom stereocenters. The fraction of sp³-hybridized carbons (Fsp3) is 0.417. The highest BCUT2D eigenvalue weighted by Gasteiger charge is 2.03. The van der Waals surface area contributed by atoms with Crippen LogP contribution in [-0.2, 0) is 9.53 Å². The van der Waals surface area contributed by atoms with Gasteiger partial charge in [-0.3, -0.25) is 4.79 Å². The van der Waals surface area contributed by atoms with E-state index < -0.39 is 0 Å². The van der Waals surface area contributed by atoms with Gasteiger partial charge in [-0.2, -0.15) is 0 Å². The Kier molecular flexibility index (Phi) is 5.83. The van der Waals surface area contributed by atoms with Crippen molar-refractivity contribution >= 4 is 27.6 Å². The molecule has 0 aliphatic heterocycles. The molecular weight excluding hydrogens is 286 g/mol. The third-order valence-electron chi connectivity index (χ3n) is 2.11. The Balaban J connectivity index is 2.44. The summed E-state index contributed by atoms with van der Waals surface area (Å²) >= 11 is 3.38. The molecule has 0 spiro atoms. The Bertz CT molecular complexity index is 382. The molecule has 17 heavy (non-hydrogen) atoms. The quantitative estimate of drug-likeness (QED) is 0.821. The molecule has 1 aromatic rings. The predicted molar refractivity (Wildman–Crippen MR) is 70.4 cm³/mol. The first-order valence-corrected chi connectivity index (χ1v) is 6.19. The van der Waals surface area contributed by atoms with Crippen LogP contribution in [-0.4, -0.2) is 26.2 Å². The minimum absolute atomic E-state index is 0.191. The van der Waals surface area contributed by atoms with Crippen molar-refractivity contribution in [3.05, 3.63) is 22.7 Å². The largest absolute Gasteiger partial charge is 0.495 e. The zero-order valence-corrected chi connectivity index (χ0v) is 11.5. The lowest BCUT2D eigenvalue weighted by Gasteiger charge is -2.09. The molecule has 0 amide bonds. The van der Waals surface area contributed by atoms with Crippen LogP contribution in [0.3, 0.4) is 0 Å². The zero-order valence-electron chi connectivity index (χ0n) is 9.96. The summed E-state index contributed by atoms with van der Waals surface area (Å²) in [4.78, 5) is 11.1. The number of carbonyl (C=O) groups excluding carboxylic acids is 1. The van der Waals surface area contributed by atoms with Crippen LogP contribution in [0.5, 0.6) is 5.75 Å². The molecule has 5 heteroatoms. The number of rotatable bonds is 6. The Morgan fingerprint density at radius 1 is 1.47 bits per heavy atom. The molecule has 0 heterocycles. The summed E-state index contributed by atoms with van der Waals surface area (Å²) in [5.74, 6) is 0.565. The van der Waals surface area contributed by atoms with Crippen LogP contribution in [0.1, 0.15) is 13.3 Å². The lowest BCUT2D eigenvalue weighted by molar-refractivity contribution is -0.142. The lowest BCUT2D eigenvalue weighted by Crippen LogP contribution is -2.11. The van der Waals surface area contributed by atoms with Crippen molar-refractivity contribution in [1.29, 1.82) is 0 Å². The molecule has 1 N–H and O–H groups in total. The second-order valence-corrected chi connectivity index (χ2v) is 4.19.